The number of carbonyl (C=O) groups excluding carboxylic acids is 2. The summed E-state index contributed by atoms with van der Waals surface area (Å²) in [6, 6.07) is 15.2. The second-order valence-electron chi connectivity index (χ2n) is 5.09. The second-order valence-corrected chi connectivity index (χ2v) is 7.17. The number of amides is 1. The zero-order valence-electron chi connectivity index (χ0n) is 12.8. The first-order valence-corrected chi connectivity index (χ1v) is 9.11. The fourth-order valence-corrected chi connectivity index (χ4v) is 3.16. The molecule has 120 valence electrons. The van der Waals surface area contributed by atoms with Crippen molar-refractivity contribution in [2.75, 3.05) is 11.1 Å². The molecule has 0 spiro atoms. The molecule has 0 radical (unpaired) electrons. The monoisotopic (exact) mass is 391 g/mol. The maximum atomic E-state index is 12.0. The average Bonchev–Trinajstić information content (AvgIpc) is 2.53. The number of nitrogens with one attached hydrogen (secondary N) is 1. The lowest BCUT2D eigenvalue weighted by molar-refractivity contribution is -0.114. The van der Waals surface area contributed by atoms with Crippen LogP contribution < -0.4 is 5.32 Å². The molecule has 0 aliphatic rings. The number of thioether (sulfide) groups is 1. The van der Waals surface area contributed by atoms with Crippen LogP contribution in [0.1, 0.15) is 30.1 Å². The number of anilines is 1. The first kappa shape index (κ1) is 17.8. The minimum atomic E-state index is -0.0724. The Morgan fingerprint density at radius 2 is 1.70 bits per heavy atom. The van der Waals surface area contributed by atoms with E-state index in [0.717, 1.165) is 32.8 Å². The van der Waals surface area contributed by atoms with Crippen molar-refractivity contribution in [3.8, 4) is 0 Å². The molecule has 0 unspecified atom stereocenters. The van der Waals surface area contributed by atoms with Crippen LogP contribution in [0.5, 0.6) is 0 Å². The van der Waals surface area contributed by atoms with Gasteiger partial charge >= 0.3 is 0 Å². The summed E-state index contributed by atoms with van der Waals surface area (Å²) < 4.78 is 0.979. The molecule has 3 nitrogen and oxygen atoms in total. The average molecular weight is 392 g/mol. The summed E-state index contributed by atoms with van der Waals surface area (Å²) >= 11 is 5.08. The maximum Gasteiger partial charge on any atom is 0.221 e. The van der Waals surface area contributed by atoms with Gasteiger partial charge in [-0.2, -0.15) is 0 Å². The number of Topliss-reactive ketones (excluding diaryl/α,β-unsaturated/α-hetero) is 1. The Labute approximate surface area is 149 Å². The molecule has 23 heavy (non-hydrogen) atoms. The fourth-order valence-electron chi connectivity index (χ4n) is 2.04. The summed E-state index contributed by atoms with van der Waals surface area (Å²) in [7, 11) is 0. The smallest absolute Gasteiger partial charge is 0.221 e. The predicted octanol–water partition coefficient (Wildman–Crippen LogP) is 5.16. The zero-order valence-corrected chi connectivity index (χ0v) is 15.2. The van der Waals surface area contributed by atoms with Crippen molar-refractivity contribution in [2.45, 2.75) is 24.7 Å². The summed E-state index contributed by atoms with van der Waals surface area (Å²) in [6.45, 7) is 1.49. The van der Waals surface area contributed by atoms with E-state index < -0.39 is 0 Å². The van der Waals surface area contributed by atoms with Gasteiger partial charge in [-0.05, 0) is 48.6 Å². The Balaban J connectivity index is 1.73. The highest BCUT2D eigenvalue weighted by Crippen LogP contribution is 2.22. The SMILES string of the molecule is CC(=O)Nc1ccc(SCCCC(=O)c2ccc(Br)cc2)cc1. The van der Waals surface area contributed by atoms with Crippen LogP contribution in [0, 0.1) is 0 Å². The molecule has 0 aliphatic heterocycles. The molecular weight excluding hydrogens is 374 g/mol. The van der Waals surface area contributed by atoms with Crippen LogP contribution in [-0.4, -0.2) is 17.4 Å². The second kappa shape index (κ2) is 8.89. The molecule has 2 aromatic rings. The lowest BCUT2D eigenvalue weighted by Crippen LogP contribution is -2.05. The molecule has 0 aliphatic carbocycles. The van der Waals surface area contributed by atoms with Gasteiger partial charge in [-0.1, -0.05) is 28.1 Å². The molecule has 0 saturated heterocycles. The lowest BCUT2D eigenvalue weighted by Gasteiger charge is -2.05. The molecule has 1 amide bonds. The Bertz CT molecular complexity index is 668. The van der Waals surface area contributed by atoms with Gasteiger partial charge < -0.3 is 5.32 Å². The highest BCUT2D eigenvalue weighted by Gasteiger charge is 2.05. The standard InChI is InChI=1S/C18H18BrNO2S/c1-13(21)20-16-8-10-17(11-9-16)23-12-2-3-18(22)14-4-6-15(19)7-5-14/h4-11H,2-3,12H2,1H3,(H,20,21). The summed E-state index contributed by atoms with van der Waals surface area (Å²) in [5.74, 6) is 0.998. The third-order valence-corrected chi connectivity index (χ3v) is 4.78. The minimum Gasteiger partial charge on any atom is -0.326 e. The number of hydrogen-bond acceptors (Lipinski definition) is 3. The summed E-state index contributed by atoms with van der Waals surface area (Å²) in [6.07, 6.45) is 1.39. The van der Waals surface area contributed by atoms with Crippen molar-refractivity contribution in [1.82, 2.24) is 0 Å². The molecule has 0 aromatic heterocycles. The van der Waals surface area contributed by atoms with Crippen LogP contribution >= 0.6 is 27.7 Å². The number of ketones is 1. The largest absolute Gasteiger partial charge is 0.326 e. The molecule has 0 bridgehead atoms. The number of hydrogen-bond donors (Lipinski definition) is 1. The minimum absolute atomic E-state index is 0.0724. The van der Waals surface area contributed by atoms with Crippen LogP contribution in [0.2, 0.25) is 0 Å². The van der Waals surface area contributed by atoms with Crippen LogP contribution in [0.3, 0.4) is 0 Å². The molecule has 5 heteroatoms. The normalized spacial score (nSPS) is 10.3. The van der Waals surface area contributed by atoms with Gasteiger partial charge in [-0.15, -0.1) is 11.8 Å². The number of carbonyl (C=O) groups is 2. The predicted molar refractivity (Wildman–Crippen MR) is 99.2 cm³/mol. The van der Waals surface area contributed by atoms with Crippen LogP contribution in [0.4, 0.5) is 5.69 Å². The Kier molecular flexibility index (Phi) is 6.86. The topological polar surface area (TPSA) is 46.2 Å². The van der Waals surface area contributed by atoms with Gasteiger partial charge in [-0.3, -0.25) is 9.59 Å². The van der Waals surface area contributed by atoms with E-state index in [1.165, 1.54) is 6.92 Å². The van der Waals surface area contributed by atoms with Crippen LogP contribution in [0.15, 0.2) is 57.9 Å². The number of halogens is 1. The summed E-state index contributed by atoms with van der Waals surface area (Å²) in [5, 5.41) is 2.74. The number of benzene rings is 2. The van der Waals surface area contributed by atoms with E-state index in [1.807, 2.05) is 48.5 Å². The van der Waals surface area contributed by atoms with Gasteiger partial charge in [0, 0.05) is 34.0 Å². The first-order chi connectivity index (χ1) is 11.0. The van der Waals surface area contributed by atoms with E-state index in [0.29, 0.717) is 6.42 Å². The van der Waals surface area contributed by atoms with Gasteiger partial charge in [0.05, 0.1) is 0 Å². The molecule has 2 rings (SSSR count). The molecular formula is C18H18BrNO2S. The van der Waals surface area contributed by atoms with Crippen molar-refractivity contribution < 1.29 is 9.59 Å². The van der Waals surface area contributed by atoms with Gasteiger partial charge in [0.2, 0.25) is 5.91 Å². The molecule has 0 heterocycles. The first-order valence-electron chi connectivity index (χ1n) is 7.34. The van der Waals surface area contributed by atoms with E-state index in [4.69, 9.17) is 0 Å². The van der Waals surface area contributed by atoms with Gasteiger partial charge in [0.25, 0.3) is 0 Å². The molecule has 0 saturated carbocycles. The van der Waals surface area contributed by atoms with Gasteiger partial charge in [0.1, 0.15) is 0 Å². The maximum absolute atomic E-state index is 12.0. The van der Waals surface area contributed by atoms with Crippen LogP contribution in [-0.2, 0) is 4.79 Å². The fraction of sp³-hybridized carbons (Fsp3) is 0.222. The van der Waals surface area contributed by atoms with Crippen molar-refractivity contribution in [3.05, 3.63) is 58.6 Å². The Hall–Kier alpha value is -1.59. The van der Waals surface area contributed by atoms with Crippen molar-refractivity contribution in [1.29, 1.82) is 0 Å². The Morgan fingerprint density at radius 1 is 1.04 bits per heavy atom. The van der Waals surface area contributed by atoms with Crippen molar-refractivity contribution in [2.24, 2.45) is 0 Å². The van der Waals surface area contributed by atoms with Crippen molar-refractivity contribution >= 4 is 45.1 Å². The molecule has 2 aromatic carbocycles. The Morgan fingerprint density at radius 3 is 2.30 bits per heavy atom. The third-order valence-electron chi connectivity index (χ3n) is 3.16. The molecule has 1 N–H and O–H groups in total. The highest BCUT2D eigenvalue weighted by molar-refractivity contribution is 9.10. The quantitative estimate of drug-likeness (QED) is 0.402. The third kappa shape index (κ3) is 6.20. The highest BCUT2D eigenvalue weighted by atomic mass is 79.9. The number of rotatable bonds is 7. The van der Waals surface area contributed by atoms with E-state index in [1.54, 1.807) is 11.8 Å². The van der Waals surface area contributed by atoms with Crippen LogP contribution in [0.25, 0.3) is 0 Å². The van der Waals surface area contributed by atoms with Gasteiger partial charge in [0.15, 0.2) is 5.78 Å². The molecule has 0 fully saturated rings. The van der Waals surface area contributed by atoms with Crippen molar-refractivity contribution in [3.63, 3.8) is 0 Å². The lowest BCUT2D eigenvalue weighted by atomic mass is 10.1. The summed E-state index contributed by atoms with van der Waals surface area (Å²) in [4.78, 5) is 24.1. The molecule has 0 atom stereocenters. The summed E-state index contributed by atoms with van der Waals surface area (Å²) in [5.41, 5.74) is 1.56. The van der Waals surface area contributed by atoms with E-state index >= 15 is 0 Å². The van der Waals surface area contributed by atoms with E-state index in [-0.39, 0.29) is 11.7 Å². The van der Waals surface area contributed by atoms with Gasteiger partial charge in [-0.25, -0.2) is 0 Å². The zero-order chi connectivity index (χ0) is 16.7. The van der Waals surface area contributed by atoms with E-state index in [2.05, 4.69) is 21.2 Å². The van der Waals surface area contributed by atoms with E-state index in [9.17, 15) is 9.59 Å².